The molecule has 0 bridgehead atoms. The summed E-state index contributed by atoms with van der Waals surface area (Å²) < 4.78 is 0. The largest absolute Gasteiger partial charge is 0.369 e. The normalized spacial score (nSPS) is 16.9. The lowest BCUT2D eigenvalue weighted by atomic mass is 10.3. The Balaban J connectivity index is 2.46. The van der Waals surface area contributed by atoms with Crippen molar-refractivity contribution in [3.05, 3.63) is 0 Å². The highest BCUT2D eigenvalue weighted by Crippen LogP contribution is 2.06. The van der Waals surface area contributed by atoms with E-state index in [1.165, 1.54) is 5.01 Å². The summed E-state index contributed by atoms with van der Waals surface area (Å²) in [6.07, 6.45) is 0.552. The lowest BCUT2D eigenvalue weighted by Gasteiger charge is -2.24. The van der Waals surface area contributed by atoms with Crippen LogP contribution in [0.3, 0.4) is 0 Å². The summed E-state index contributed by atoms with van der Waals surface area (Å²) in [5.41, 5.74) is 10.00. The van der Waals surface area contributed by atoms with Crippen LogP contribution >= 0.6 is 0 Å². The number of carbonyl (C=O) groups is 1. The van der Waals surface area contributed by atoms with Gasteiger partial charge in [-0.3, -0.25) is 4.79 Å². The monoisotopic (exact) mass is 128 g/mol. The van der Waals surface area contributed by atoms with Crippen LogP contribution in [0, 0.1) is 0 Å². The first-order valence-electron chi connectivity index (χ1n) is 2.60. The summed E-state index contributed by atoms with van der Waals surface area (Å²) >= 11 is 0. The van der Waals surface area contributed by atoms with Crippen LogP contribution in [-0.2, 0) is 4.79 Å². The van der Waals surface area contributed by atoms with Crippen molar-refractivity contribution in [1.82, 2.24) is 5.01 Å². The van der Waals surface area contributed by atoms with Crippen LogP contribution in [-0.4, -0.2) is 23.4 Å². The maximum absolute atomic E-state index is 10.5. The molecule has 9 heavy (non-hydrogen) atoms. The minimum atomic E-state index is -0.0666. The molecule has 5 heteroatoms. The van der Waals surface area contributed by atoms with E-state index in [2.05, 4.69) is 5.10 Å². The Morgan fingerprint density at radius 1 is 1.67 bits per heavy atom. The van der Waals surface area contributed by atoms with Gasteiger partial charge in [-0.05, 0) is 0 Å². The second-order valence-electron chi connectivity index (χ2n) is 1.79. The third-order valence-electron chi connectivity index (χ3n) is 1.06. The van der Waals surface area contributed by atoms with E-state index in [0.717, 1.165) is 0 Å². The minimum Gasteiger partial charge on any atom is -0.369 e. The zero-order valence-corrected chi connectivity index (χ0v) is 4.87. The van der Waals surface area contributed by atoms with Crippen molar-refractivity contribution in [2.75, 3.05) is 6.54 Å². The molecular weight excluding hydrogens is 120 g/mol. The number of guanidine groups is 1. The fraction of sp³-hybridized carbons (Fsp3) is 0.500. The van der Waals surface area contributed by atoms with Crippen molar-refractivity contribution in [3.63, 3.8) is 0 Å². The molecule has 1 aliphatic rings. The van der Waals surface area contributed by atoms with E-state index in [4.69, 9.17) is 11.5 Å². The fourth-order valence-corrected chi connectivity index (χ4v) is 0.548. The summed E-state index contributed by atoms with van der Waals surface area (Å²) in [5.74, 6) is -0.0912. The molecule has 0 unspecified atom stereocenters. The van der Waals surface area contributed by atoms with Gasteiger partial charge < -0.3 is 11.5 Å². The number of β-lactam (4-membered cyclic amide) rings is 1. The summed E-state index contributed by atoms with van der Waals surface area (Å²) in [6.45, 7) is 0.636. The summed E-state index contributed by atoms with van der Waals surface area (Å²) in [6, 6.07) is 0. The Hall–Kier alpha value is -1.26. The molecule has 1 saturated heterocycles. The molecule has 5 nitrogen and oxygen atoms in total. The highest BCUT2D eigenvalue weighted by atomic mass is 16.2. The Bertz CT molecular complexity index is 160. The third-order valence-corrected chi connectivity index (χ3v) is 1.06. The van der Waals surface area contributed by atoms with Crippen molar-refractivity contribution in [2.45, 2.75) is 6.42 Å². The van der Waals surface area contributed by atoms with Crippen LogP contribution in [0.1, 0.15) is 6.42 Å². The van der Waals surface area contributed by atoms with Crippen molar-refractivity contribution in [3.8, 4) is 0 Å². The first-order valence-corrected chi connectivity index (χ1v) is 2.60. The van der Waals surface area contributed by atoms with Gasteiger partial charge in [-0.15, -0.1) is 5.10 Å². The second kappa shape index (κ2) is 1.93. The molecule has 0 spiro atoms. The zero-order chi connectivity index (χ0) is 6.85. The molecule has 1 amide bonds. The predicted molar refractivity (Wildman–Crippen MR) is 32.1 cm³/mol. The van der Waals surface area contributed by atoms with Crippen LogP contribution in [0.15, 0.2) is 5.10 Å². The van der Waals surface area contributed by atoms with Gasteiger partial charge in [-0.2, -0.15) is 0 Å². The van der Waals surface area contributed by atoms with Gasteiger partial charge in [0.1, 0.15) is 0 Å². The number of rotatable bonds is 1. The number of hydrazone groups is 1. The molecule has 0 aromatic heterocycles. The molecule has 0 radical (unpaired) electrons. The van der Waals surface area contributed by atoms with Gasteiger partial charge in [0.15, 0.2) is 0 Å². The van der Waals surface area contributed by atoms with E-state index in [-0.39, 0.29) is 11.9 Å². The number of carbonyl (C=O) groups excluding carboxylic acids is 1. The molecule has 4 N–H and O–H groups in total. The molecule has 0 saturated carbocycles. The maximum Gasteiger partial charge on any atom is 0.244 e. The van der Waals surface area contributed by atoms with Gasteiger partial charge in [0.25, 0.3) is 0 Å². The van der Waals surface area contributed by atoms with Crippen molar-refractivity contribution in [1.29, 1.82) is 0 Å². The molecule has 0 aromatic rings. The van der Waals surface area contributed by atoms with Gasteiger partial charge in [0, 0.05) is 6.42 Å². The Morgan fingerprint density at radius 3 is 2.44 bits per heavy atom. The van der Waals surface area contributed by atoms with Crippen LogP contribution in [0.25, 0.3) is 0 Å². The van der Waals surface area contributed by atoms with E-state index in [1.54, 1.807) is 0 Å². The van der Waals surface area contributed by atoms with Crippen molar-refractivity contribution < 1.29 is 4.79 Å². The summed E-state index contributed by atoms with van der Waals surface area (Å²) in [7, 11) is 0. The maximum atomic E-state index is 10.5. The van der Waals surface area contributed by atoms with Gasteiger partial charge in [-0.1, -0.05) is 0 Å². The molecule has 0 aromatic carbocycles. The third kappa shape index (κ3) is 1.10. The second-order valence-corrected chi connectivity index (χ2v) is 1.79. The number of amides is 1. The van der Waals surface area contributed by atoms with E-state index < -0.39 is 0 Å². The highest BCUT2D eigenvalue weighted by Gasteiger charge is 2.22. The Labute approximate surface area is 52.3 Å². The van der Waals surface area contributed by atoms with Crippen molar-refractivity contribution >= 4 is 11.9 Å². The average Bonchev–Trinajstić information content (AvgIpc) is 1.79. The predicted octanol–water partition coefficient (Wildman–Crippen LogP) is -1.59. The van der Waals surface area contributed by atoms with Gasteiger partial charge in [-0.25, -0.2) is 5.01 Å². The van der Waals surface area contributed by atoms with Crippen molar-refractivity contribution in [2.24, 2.45) is 16.6 Å². The van der Waals surface area contributed by atoms with E-state index in [0.29, 0.717) is 13.0 Å². The highest BCUT2D eigenvalue weighted by molar-refractivity contribution is 5.84. The van der Waals surface area contributed by atoms with E-state index >= 15 is 0 Å². The van der Waals surface area contributed by atoms with Crippen LogP contribution in [0.5, 0.6) is 0 Å². The van der Waals surface area contributed by atoms with E-state index in [1.807, 2.05) is 0 Å². The molecule has 1 fully saturated rings. The number of nitrogens with two attached hydrogens (primary N) is 2. The Morgan fingerprint density at radius 2 is 2.33 bits per heavy atom. The average molecular weight is 128 g/mol. The first-order chi connectivity index (χ1) is 4.20. The minimum absolute atomic E-state index is 0.0246. The number of nitrogens with zero attached hydrogens (tertiary/aromatic N) is 2. The number of hydrogen-bond acceptors (Lipinski definition) is 2. The van der Waals surface area contributed by atoms with Gasteiger partial charge >= 0.3 is 0 Å². The molecule has 0 aliphatic carbocycles. The quantitative estimate of drug-likeness (QED) is 0.253. The molecular formula is C4H8N4O. The topological polar surface area (TPSA) is 84.7 Å². The zero-order valence-electron chi connectivity index (χ0n) is 4.87. The molecule has 1 aliphatic heterocycles. The molecule has 0 atom stereocenters. The fourth-order valence-electron chi connectivity index (χ4n) is 0.548. The lowest BCUT2D eigenvalue weighted by molar-refractivity contribution is -0.139. The molecule has 1 heterocycles. The van der Waals surface area contributed by atoms with Crippen LogP contribution in [0.4, 0.5) is 0 Å². The Kier molecular flexibility index (Phi) is 1.26. The van der Waals surface area contributed by atoms with E-state index in [9.17, 15) is 4.79 Å². The SMILES string of the molecule is NC(N)=NN1CCC1=O. The first kappa shape index (κ1) is 5.87. The smallest absolute Gasteiger partial charge is 0.244 e. The van der Waals surface area contributed by atoms with Crippen LogP contribution in [0.2, 0.25) is 0 Å². The molecule has 1 rings (SSSR count). The van der Waals surface area contributed by atoms with Gasteiger partial charge in [0.2, 0.25) is 11.9 Å². The lowest BCUT2D eigenvalue weighted by Crippen LogP contribution is -2.42. The summed E-state index contributed by atoms with van der Waals surface area (Å²) in [5, 5.41) is 4.77. The van der Waals surface area contributed by atoms with Crippen LogP contribution < -0.4 is 11.5 Å². The van der Waals surface area contributed by atoms with Gasteiger partial charge in [0.05, 0.1) is 6.54 Å². The number of hydrogen-bond donors (Lipinski definition) is 2. The summed E-state index contributed by atoms with van der Waals surface area (Å²) in [4.78, 5) is 10.5. The molecule has 50 valence electrons. The standard InChI is InChI=1S/C4H8N4O/c5-4(6)7-8-2-1-3(8)9/h1-2H2,(H4,5,6,7).